The van der Waals surface area contributed by atoms with E-state index >= 15 is 0 Å². The van der Waals surface area contributed by atoms with Crippen molar-refractivity contribution in [3.8, 4) is 0 Å². The van der Waals surface area contributed by atoms with Crippen LogP contribution >= 0.6 is 11.6 Å². The molecule has 0 unspecified atom stereocenters. The van der Waals surface area contributed by atoms with Crippen LogP contribution in [0.15, 0.2) is 0 Å². The minimum Gasteiger partial charge on any atom is -0.226 e. The molecule has 2 heteroatoms. The Balaban J connectivity index is 2.45. The van der Waals surface area contributed by atoms with E-state index in [0.717, 1.165) is 12.8 Å². The van der Waals surface area contributed by atoms with Crippen molar-refractivity contribution in [2.75, 3.05) is 0 Å². The average Bonchev–Trinajstić information content (AvgIpc) is 2.32. The molecular weight excluding hydrogens is 139 g/mol. The van der Waals surface area contributed by atoms with Gasteiger partial charge in [0.25, 0.3) is 0 Å². The van der Waals surface area contributed by atoms with Crippen molar-refractivity contribution in [2.24, 2.45) is 11.8 Å². The maximum absolute atomic E-state index is 12.9. The normalized spacial score (nSPS) is 49.3. The van der Waals surface area contributed by atoms with Gasteiger partial charge in [-0.15, -0.1) is 0 Å². The van der Waals surface area contributed by atoms with Gasteiger partial charge in [0.05, 0.1) is 0 Å². The van der Waals surface area contributed by atoms with Crippen LogP contribution < -0.4 is 0 Å². The van der Waals surface area contributed by atoms with Gasteiger partial charge in [0.15, 0.2) is 5.13 Å². The van der Waals surface area contributed by atoms with E-state index < -0.39 is 5.13 Å². The van der Waals surface area contributed by atoms with Crippen molar-refractivity contribution in [3.63, 3.8) is 0 Å². The predicted octanol–water partition coefficient (Wildman–Crippen LogP) is 2.96. The zero-order valence-corrected chi connectivity index (χ0v) is 6.58. The van der Waals surface area contributed by atoms with Crippen molar-refractivity contribution in [3.05, 3.63) is 0 Å². The maximum Gasteiger partial charge on any atom is 0.190 e. The smallest absolute Gasteiger partial charge is 0.190 e. The molecule has 0 saturated heterocycles. The van der Waals surface area contributed by atoms with Gasteiger partial charge in [-0.2, -0.15) is 0 Å². The topological polar surface area (TPSA) is 0 Å². The van der Waals surface area contributed by atoms with Crippen molar-refractivity contribution in [2.45, 2.75) is 31.8 Å². The van der Waals surface area contributed by atoms with Gasteiger partial charge < -0.3 is 0 Å². The van der Waals surface area contributed by atoms with E-state index in [9.17, 15) is 4.39 Å². The molecule has 9 heavy (non-hydrogen) atoms. The van der Waals surface area contributed by atoms with E-state index in [1.54, 1.807) is 0 Å². The molecule has 2 atom stereocenters. The molecule has 0 aromatic rings. The lowest BCUT2D eigenvalue weighted by Crippen LogP contribution is -1.90. The summed E-state index contributed by atoms with van der Waals surface area (Å²) in [4.78, 5) is 0. The second-order valence-corrected chi connectivity index (χ2v) is 3.28. The molecule has 1 fully saturated rings. The first kappa shape index (κ1) is 7.33. The molecule has 0 aliphatic heterocycles. The van der Waals surface area contributed by atoms with Gasteiger partial charge in [0.1, 0.15) is 0 Å². The minimum atomic E-state index is -1.34. The lowest BCUT2D eigenvalue weighted by atomic mass is 10.2. The van der Waals surface area contributed by atoms with E-state index in [-0.39, 0.29) is 11.8 Å². The summed E-state index contributed by atoms with van der Waals surface area (Å²) in [7, 11) is 0. The number of hydrogen-bond acceptors (Lipinski definition) is 0. The summed E-state index contributed by atoms with van der Waals surface area (Å²) in [5.74, 6) is 0.258. The van der Waals surface area contributed by atoms with Crippen molar-refractivity contribution in [1.29, 1.82) is 0 Å². The lowest BCUT2D eigenvalue weighted by Gasteiger charge is -1.89. The minimum absolute atomic E-state index is 0.129. The lowest BCUT2D eigenvalue weighted by molar-refractivity contribution is 0.374. The SMILES string of the molecule is CC[C@@H]1[C@@H](CC)C1(F)Cl. The Bertz CT molecular complexity index is 99.5. The van der Waals surface area contributed by atoms with Crippen molar-refractivity contribution < 1.29 is 4.39 Å². The standard InChI is InChI=1S/C7H12ClF/c1-3-5-6(4-2)7(5,8)9/h5-6H,3-4H2,1-2H3/t5-,6-/m1/s1. The Hall–Kier alpha value is 0.220. The molecule has 1 aliphatic carbocycles. The Morgan fingerprint density at radius 2 is 1.67 bits per heavy atom. The van der Waals surface area contributed by atoms with Crippen LogP contribution in [0.5, 0.6) is 0 Å². The van der Waals surface area contributed by atoms with Crippen LogP contribution in [0.4, 0.5) is 4.39 Å². The van der Waals surface area contributed by atoms with Crippen LogP contribution in [-0.4, -0.2) is 5.13 Å². The molecule has 1 rings (SSSR count). The van der Waals surface area contributed by atoms with Crippen LogP contribution in [0.1, 0.15) is 26.7 Å². The van der Waals surface area contributed by atoms with Crippen LogP contribution in [0.25, 0.3) is 0 Å². The third kappa shape index (κ3) is 0.958. The molecule has 0 amide bonds. The third-order valence-corrected chi connectivity index (χ3v) is 2.81. The molecule has 0 N–H and O–H groups in total. The monoisotopic (exact) mass is 150 g/mol. The fourth-order valence-electron chi connectivity index (χ4n) is 1.57. The first-order valence-corrected chi connectivity index (χ1v) is 3.90. The number of alkyl halides is 2. The number of halogens is 2. The highest BCUT2D eigenvalue weighted by Crippen LogP contribution is 2.60. The third-order valence-electron chi connectivity index (χ3n) is 2.24. The fourth-order valence-corrected chi connectivity index (χ4v) is 2.12. The van der Waals surface area contributed by atoms with E-state index in [1.165, 1.54) is 0 Å². The van der Waals surface area contributed by atoms with Gasteiger partial charge in [-0.05, 0) is 12.8 Å². The van der Waals surface area contributed by atoms with E-state index in [2.05, 4.69) is 0 Å². The fraction of sp³-hybridized carbons (Fsp3) is 1.00. The van der Waals surface area contributed by atoms with Crippen molar-refractivity contribution in [1.82, 2.24) is 0 Å². The van der Waals surface area contributed by atoms with Gasteiger partial charge in [-0.25, -0.2) is 4.39 Å². The summed E-state index contributed by atoms with van der Waals surface area (Å²) >= 11 is 5.51. The largest absolute Gasteiger partial charge is 0.226 e. The highest BCUT2D eigenvalue weighted by atomic mass is 35.5. The number of rotatable bonds is 2. The summed E-state index contributed by atoms with van der Waals surface area (Å²) in [6.07, 6.45) is 1.75. The van der Waals surface area contributed by atoms with Crippen LogP contribution in [0, 0.1) is 11.8 Å². The van der Waals surface area contributed by atoms with Crippen LogP contribution in [0.3, 0.4) is 0 Å². The molecule has 0 aromatic carbocycles. The molecule has 1 saturated carbocycles. The Morgan fingerprint density at radius 1 is 1.33 bits per heavy atom. The first-order chi connectivity index (χ1) is 4.14. The predicted molar refractivity (Wildman–Crippen MR) is 37.3 cm³/mol. The Labute approximate surface area is 60.4 Å². The quantitative estimate of drug-likeness (QED) is 0.531. The summed E-state index contributed by atoms with van der Waals surface area (Å²) in [6.45, 7) is 3.97. The molecule has 0 spiro atoms. The van der Waals surface area contributed by atoms with Gasteiger partial charge >= 0.3 is 0 Å². The summed E-state index contributed by atoms with van der Waals surface area (Å²) in [6, 6.07) is 0. The molecule has 0 radical (unpaired) electrons. The summed E-state index contributed by atoms with van der Waals surface area (Å²) < 4.78 is 12.9. The molecule has 54 valence electrons. The van der Waals surface area contributed by atoms with Gasteiger partial charge in [0, 0.05) is 11.8 Å². The molecule has 0 bridgehead atoms. The average molecular weight is 151 g/mol. The van der Waals surface area contributed by atoms with Crippen molar-refractivity contribution >= 4 is 11.6 Å². The molecule has 0 heterocycles. The summed E-state index contributed by atoms with van der Waals surface area (Å²) in [5.41, 5.74) is 0. The molecule has 1 aliphatic rings. The molecule has 0 nitrogen and oxygen atoms in total. The van der Waals surface area contributed by atoms with Crippen LogP contribution in [-0.2, 0) is 0 Å². The number of hydrogen-bond donors (Lipinski definition) is 0. The zero-order valence-electron chi connectivity index (χ0n) is 5.82. The highest BCUT2D eigenvalue weighted by molar-refractivity contribution is 6.25. The first-order valence-electron chi connectivity index (χ1n) is 3.52. The second-order valence-electron chi connectivity index (χ2n) is 2.70. The second kappa shape index (κ2) is 2.12. The van der Waals surface area contributed by atoms with E-state index in [4.69, 9.17) is 11.6 Å². The van der Waals surface area contributed by atoms with Gasteiger partial charge in [0.2, 0.25) is 0 Å². The Kier molecular flexibility index (Phi) is 1.73. The van der Waals surface area contributed by atoms with Gasteiger partial charge in [-0.1, -0.05) is 25.4 Å². The molecule has 0 aromatic heterocycles. The van der Waals surface area contributed by atoms with E-state index in [0.29, 0.717) is 0 Å². The maximum atomic E-state index is 12.9. The van der Waals surface area contributed by atoms with Gasteiger partial charge in [-0.3, -0.25) is 0 Å². The Morgan fingerprint density at radius 3 is 1.78 bits per heavy atom. The molecular formula is C7H12ClF. The summed E-state index contributed by atoms with van der Waals surface area (Å²) in [5, 5.41) is -1.34. The zero-order chi connectivity index (χ0) is 7.07. The van der Waals surface area contributed by atoms with Crippen LogP contribution in [0.2, 0.25) is 0 Å². The van der Waals surface area contributed by atoms with E-state index in [1.807, 2.05) is 13.8 Å². The highest BCUT2D eigenvalue weighted by Gasteiger charge is 2.62.